The fourth-order valence-electron chi connectivity index (χ4n) is 3.15. The summed E-state index contributed by atoms with van der Waals surface area (Å²) in [5.74, 6) is -6.03. The minimum atomic E-state index is -1.48. The van der Waals surface area contributed by atoms with Crippen molar-refractivity contribution in [3.05, 3.63) is 29.8 Å². The van der Waals surface area contributed by atoms with E-state index in [0.29, 0.717) is 5.56 Å². The lowest BCUT2D eigenvalue weighted by molar-refractivity contribution is -0.142. The van der Waals surface area contributed by atoms with Crippen LogP contribution in [-0.4, -0.2) is 69.9 Å². The highest BCUT2D eigenvalue weighted by molar-refractivity contribution is 5.96. The van der Waals surface area contributed by atoms with Gasteiger partial charge in [-0.1, -0.05) is 26.0 Å². The van der Waals surface area contributed by atoms with Gasteiger partial charge < -0.3 is 43.4 Å². The summed E-state index contributed by atoms with van der Waals surface area (Å²) in [6.07, 6.45) is -1.38. The molecular formula is C23H34N6O8. The van der Waals surface area contributed by atoms with Gasteiger partial charge in [0.2, 0.25) is 29.5 Å². The summed E-state index contributed by atoms with van der Waals surface area (Å²) < 4.78 is 0. The molecule has 0 aliphatic carbocycles. The molecule has 0 aliphatic rings. The van der Waals surface area contributed by atoms with E-state index in [1.165, 1.54) is 24.3 Å². The number of benzene rings is 1. The molecule has 1 aromatic carbocycles. The Balaban J connectivity index is 3.07. The SMILES string of the molecule is CC(C)C(N)C(=O)NC(CC(N)=O)C(=O)NC(CCC(N)=O)C(=O)NC(Cc1ccc(O)cc1)C(=O)O. The van der Waals surface area contributed by atoms with Crippen LogP contribution < -0.4 is 33.2 Å². The minimum absolute atomic E-state index is 0.0270. The summed E-state index contributed by atoms with van der Waals surface area (Å²) in [5.41, 5.74) is 16.6. The number of phenols is 1. The highest BCUT2D eigenvalue weighted by Crippen LogP contribution is 2.12. The van der Waals surface area contributed by atoms with E-state index in [1.54, 1.807) is 13.8 Å². The third-order valence-electron chi connectivity index (χ3n) is 5.36. The number of hydrogen-bond acceptors (Lipinski definition) is 8. The first-order chi connectivity index (χ1) is 17.2. The Morgan fingerprint density at radius 1 is 0.811 bits per heavy atom. The van der Waals surface area contributed by atoms with Crippen molar-refractivity contribution < 1.29 is 39.0 Å². The molecule has 11 N–H and O–H groups in total. The Kier molecular flexibility index (Phi) is 12.0. The average molecular weight is 523 g/mol. The molecule has 0 radical (unpaired) electrons. The number of primary amides is 2. The molecule has 0 aliphatic heterocycles. The second-order valence-electron chi connectivity index (χ2n) is 8.84. The Labute approximate surface area is 213 Å². The first-order valence-electron chi connectivity index (χ1n) is 11.4. The molecule has 4 atom stereocenters. The monoisotopic (exact) mass is 522 g/mol. The fraction of sp³-hybridized carbons (Fsp3) is 0.478. The molecule has 4 unspecified atom stereocenters. The van der Waals surface area contributed by atoms with Gasteiger partial charge in [-0.25, -0.2) is 4.79 Å². The lowest BCUT2D eigenvalue weighted by Crippen LogP contribution is -2.58. The summed E-state index contributed by atoms with van der Waals surface area (Å²) in [6.45, 7) is 3.35. The molecule has 0 spiro atoms. The quantitative estimate of drug-likeness (QED) is 0.122. The van der Waals surface area contributed by atoms with Crippen molar-refractivity contribution in [2.45, 2.75) is 63.7 Å². The van der Waals surface area contributed by atoms with Crippen LogP contribution in [0.5, 0.6) is 5.75 Å². The minimum Gasteiger partial charge on any atom is -0.508 e. The summed E-state index contributed by atoms with van der Waals surface area (Å²) in [7, 11) is 0. The maximum absolute atomic E-state index is 12.9. The van der Waals surface area contributed by atoms with Crippen molar-refractivity contribution in [3.63, 3.8) is 0 Å². The van der Waals surface area contributed by atoms with Crippen molar-refractivity contribution in [2.75, 3.05) is 0 Å². The van der Waals surface area contributed by atoms with Gasteiger partial charge in [-0.15, -0.1) is 0 Å². The molecule has 5 amide bonds. The molecule has 0 aromatic heterocycles. The van der Waals surface area contributed by atoms with E-state index >= 15 is 0 Å². The molecule has 14 nitrogen and oxygen atoms in total. The van der Waals surface area contributed by atoms with Crippen molar-refractivity contribution in [2.24, 2.45) is 23.1 Å². The lowest BCUT2D eigenvalue weighted by Gasteiger charge is -2.25. The van der Waals surface area contributed by atoms with Gasteiger partial charge >= 0.3 is 5.97 Å². The van der Waals surface area contributed by atoms with Gasteiger partial charge in [-0.05, 0) is 30.0 Å². The molecule has 204 valence electrons. The van der Waals surface area contributed by atoms with Gasteiger partial charge in [-0.3, -0.25) is 24.0 Å². The summed E-state index contributed by atoms with van der Waals surface area (Å²) >= 11 is 0. The van der Waals surface area contributed by atoms with Gasteiger partial charge in [0.15, 0.2) is 0 Å². The molecule has 14 heteroatoms. The molecule has 37 heavy (non-hydrogen) atoms. The number of carbonyl (C=O) groups excluding carboxylic acids is 5. The van der Waals surface area contributed by atoms with Crippen molar-refractivity contribution in [1.82, 2.24) is 16.0 Å². The van der Waals surface area contributed by atoms with E-state index in [-0.39, 0.29) is 30.9 Å². The van der Waals surface area contributed by atoms with E-state index in [4.69, 9.17) is 17.2 Å². The van der Waals surface area contributed by atoms with E-state index in [1.807, 2.05) is 0 Å². The summed E-state index contributed by atoms with van der Waals surface area (Å²) in [4.78, 5) is 72.7. The Hall–Kier alpha value is -4.20. The van der Waals surface area contributed by atoms with Gasteiger partial charge in [0.05, 0.1) is 12.5 Å². The smallest absolute Gasteiger partial charge is 0.326 e. The predicted molar refractivity (Wildman–Crippen MR) is 130 cm³/mol. The average Bonchev–Trinajstić information content (AvgIpc) is 2.80. The van der Waals surface area contributed by atoms with E-state index < -0.39 is 66.1 Å². The summed E-state index contributed by atoms with van der Waals surface area (Å²) in [6, 6.07) is 0.322. The largest absolute Gasteiger partial charge is 0.508 e. The number of phenolic OH excluding ortho intramolecular Hbond substituents is 1. The second-order valence-corrected chi connectivity index (χ2v) is 8.84. The van der Waals surface area contributed by atoms with Crippen molar-refractivity contribution >= 4 is 35.5 Å². The number of hydrogen-bond donors (Lipinski definition) is 8. The van der Waals surface area contributed by atoms with Crippen molar-refractivity contribution in [3.8, 4) is 5.75 Å². The molecule has 1 rings (SSSR count). The Morgan fingerprint density at radius 3 is 1.81 bits per heavy atom. The molecule has 0 bridgehead atoms. The fourth-order valence-corrected chi connectivity index (χ4v) is 3.15. The molecule has 1 aromatic rings. The van der Waals surface area contributed by atoms with E-state index in [2.05, 4.69) is 16.0 Å². The van der Waals surface area contributed by atoms with Crippen LogP contribution in [-0.2, 0) is 35.2 Å². The van der Waals surface area contributed by atoms with Gasteiger partial charge in [0.1, 0.15) is 23.9 Å². The highest BCUT2D eigenvalue weighted by Gasteiger charge is 2.31. The zero-order chi connectivity index (χ0) is 28.3. The maximum atomic E-state index is 12.9. The number of aliphatic carboxylic acids is 1. The number of carboxylic acid groups (broad SMARTS) is 1. The molecule has 0 fully saturated rings. The van der Waals surface area contributed by atoms with E-state index in [0.717, 1.165) is 0 Å². The van der Waals surface area contributed by atoms with Crippen LogP contribution in [0.1, 0.15) is 38.7 Å². The predicted octanol–water partition coefficient (Wildman–Crippen LogP) is -2.40. The lowest BCUT2D eigenvalue weighted by atomic mass is 10.0. The number of carboxylic acids is 1. The van der Waals surface area contributed by atoms with Gasteiger partial charge in [0.25, 0.3) is 0 Å². The van der Waals surface area contributed by atoms with Crippen LogP contribution in [0.15, 0.2) is 24.3 Å². The third-order valence-corrected chi connectivity index (χ3v) is 5.36. The Morgan fingerprint density at radius 2 is 1.32 bits per heavy atom. The van der Waals surface area contributed by atoms with Crippen LogP contribution in [0.2, 0.25) is 0 Å². The van der Waals surface area contributed by atoms with Gasteiger partial charge in [-0.2, -0.15) is 0 Å². The first kappa shape index (κ1) is 30.8. The molecule has 0 heterocycles. The number of aromatic hydroxyl groups is 1. The number of nitrogens with one attached hydrogen (secondary N) is 3. The number of amides is 5. The van der Waals surface area contributed by atoms with Crippen LogP contribution >= 0.6 is 0 Å². The number of nitrogens with two attached hydrogens (primary N) is 3. The maximum Gasteiger partial charge on any atom is 0.326 e. The first-order valence-corrected chi connectivity index (χ1v) is 11.4. The number of carbonyl (C=O) groups is 6. The highest BCUT2D eigenvalue weighted by atomic mass is 16.4. The number of rotatable bonds is 15. The standard InChI is InChI=1S/C23H34N6O8/c1-11(2)19(26)22(35)28-15(10-18(25)32)21(34)27-14(7-8-17(24)31)20(33)29-16(23(36)37)9-12-3-5-13(30)6-4-12/h3-6,11,14-16,19,30H,7-10,26H2,1-2H3,(H2,24,31)(H2,25,32)(H,27,34)(H,28,35)(H,29,33)(H,36,37). The zero-order valence-corrected chi connectivity index (χ0v) is 20.6. The summed E-state index contributed by atoms with van der Waals surface area (Å²) in [5, 5.41) is 25.9. The van der Waals surface area contributed by atoms with Crippen LogP contribution in [0.25, 0.3) is 0 Å². The van der Waals surface area contributed by atoms with Gasteiger partial charge in [0, 0.05) is 12.8 Å². The normalized spacial score (nSPS) is 14.1. The third kappa shape index (κ3) is 10.9. The zero-order valence-electron chi connectivity index (χ0n) is 20.6. The van der Waals surface area contributed by atoms with Crippen molar-refractivity contribution in [1.29, 1.82) is 0 Å². The van der Waals surface area contributed by atoms with E-state index in [9.17, 15) is 39.0 Å². The molecule has 0 saturated carbocycles. The molecular weight excluding hydrogens is 488 g/mol. The second kappa shape index (κ2) is 14.4. The van der Waals surface area contributed by atoms with Crippen LogP contribution in [0, 0.1) is 5.92 Å². The topological polar surface area (TPSA) is 257 Å². The van der Waals surface area contributed by atoms with Crippen LogP contribution in [0.3, 0.4) is 0 Å². The van der Waals surface area contributed by atoms with Crippen LogP contribution in [0.4, 0.5) is 0 Å². The molecule has 0 saturated heterocycles. The Bertz CT molecular complexity index is 997.